The van der Waals surface area contributed by atoms with Gasteiger partial charge in [0.05, 0.1) is 0 Å². The van der Waals surface area contributed by atoms with E-state index >= 15 is 0 Å². The number of benzene rings is 4. The van der Waals surface area contributed by atoms with E-state index in [9.17, 15) is 0 Å². The van der Waals surface area contributed by atoms with Gasteiger partial charge in [0.25, 0.3) is 0 Å². The minimum Gasteiger partial charge on any atom is -1.00 e. The van der Waals surface area contributed by atoms with Crippen LogP contribution in [0.1, 0.15) is 135 Å². The molecule has 4 aromatic carbocycles. The van der Waals surface area contributed by atoms with E-state index in [0.717, 1.165) is 6.42 Å². The summed E-state index contributed by atoms with van der Waals surface area (Å²) in [6.07, 6.45) is 6.06. The van der Waals surface area contributed by atoms with Crippen molar-refractivity contribution < 1.29 is 51.0 Å². The Hall–Kier alpha value is -2.18. The molecule has 0 aromatic heterocycles. The Kier molecular flexibility index (Phi) is 13.0. The number of halogens is 2. The molecule has 0 heterocycles. The molecule has 51 heavy (non-hydrogen) atoms. The second-order valence-corrected chi connectivity index (χ2v) is 18.8. The second kappa shape index (κ2) is 15.3. The third-order valence-corrected chi connectivity index (χ3v) is 10.8. The zero-order chi connectivity index (χ0) is 35.0. The van der Waals surface area contributed by atoms with Gasteiger partial charge >= 0.3 is 26.2 Å². The molecule has 4 aromatic rings. The van der Waals surface area contributed by atoms with Crippen molar-refractivity contribution in [3.63, 3.8) is 0 Å². The van der Waals surface area contributed by atoms with Crippen LogP contribution in [0.5, 0.6) is 0 Å². The minimum atomic E-state index is -0.0385. The van der Waals surface area contributed by atoms with Crippen molar-refractivity contribution in [2.45, 2.75) is 119 Å². The Morgan fingerprint density at radius 1 is 0.569 bits per heavy atom. The molecule has 0 saturated heterocycles. The Morgan fingerprint density at radius 2 is 1.14 bits per heavy atom. The van der Waals surface area contributed by atoms with E-state index < -0.39 is 0 Å². The standard InChI is InChI=1S/C48H58.2ClH.Zr/c1-30-25-35(47(8,9)10)28-37(30)43-41(48(11,12)13)29-38(32-17-15-14-16-18-32)42-36-24-23-34(46(5,6)7)27-39(36)40(44(42)43)26-31-19-21-33(22-20-31)45(2,3)4;;;/h14-25,27-30,40H,26H2,1-13H3;2*1H;/q;;;+2/p-2. The quantitative estimate of drug-likeness (QED) is 0.200. The van der Waals surface area contributed by atoms with Crippen molar-refractivity contribution in [3.8, 4) is 22.3 Å². The molecule has 0 nitrogen and oxygen atoms in total. The average molecular weight is 797 g/mol. The van der Waals surface area contributed by atoms with Crippen LogP contribution in [0.15, 0.2) is 96.6 Å². The van der Waals surface area contributed by atoms with Gasteiger partial charge in [-0.2, -0.15) is 0 Å². The Balaban J connectivity index is 0.00000234. The number of rotatable bonds is 4. The Bertz CT molecular complexity index is 1920. The number of hydrogen-bond acceptors (Lipinski definition) is 0. The van der Waals surface area contributed by atoms with Gasteiger partial charge in [-0.3, -0.25) is 0 Å². The monoisotopic (exact) mass is 794 g/mol. The fourth-order valence-corrected chi connectivity index (χ4v) is 7.85. The van der Waals surface area contributed by atoms with E-state index in [2.05, 4.69) is 181 Å². The van der Waals surface area contributed by atoms with Gasteiger partial charge in [-0.05, 0) is 106 Å². The van der Waals surface area contributed by atoms with Crippen LogP contribution in [-0.2, 0) is 48.9 Å². The largest absolute Gasteiger partial charge is 2.00 e. The average Bonchev–Trinajstić information content (AvgIpc) is 3.54. The van der Waals surface area contributed by atoms with Gasteiger partial charge in [0.2, 0.25) is 0 Å². The topological polar surface area (TPSA) is 0 Å². The summed E-state index contributed by atoms with van der Waals surface area (Å²) in [6.45, 7) is 30.7. The van der Waals surface area contributed by atoms with Crippen LogP contribution >= 0.6 is 0 Å². The SMILES string of the molecule is CC1C=C(C(C)(C)C)C=C1c1c(C(C)(C)C)cc(-c2ccccc2)c2c1C(Cc1ccc(C(C)(C)C)cc1)c1cc(C(C)(C)C)ccc1-2.[Cl-].[Cl-].[Zr+2]. The second-order valence-electron chi connectivity index (χ2n) is 18.8. The third-order valence-electron chi connectivity index (χ3n) is 10.8. The molecule has 0 spiro atoms. The number of fused-ring (bicyclic) bond motifs is 3. The summed E-state index contributed by atoms with van der Waals surface area (Å²) in [6, 6.07) is 30.6. The zero-order valence-corrected chi connectivity index (χ0v) is 37.2. The molecule has 0 aliphatic heterocycles. The van der Waals surface area contributed by atoms with Crippen molar-refractivity contribution in [2.75, 3.05) is 0 Å². The van der Waals surface area contributed by atoms with Gasteiger partial charge in [-0.25, -0.2) is 0 Å². The first kappa shape index (κ1) is 43.2. The number of allylic oxidation sites excluding steroid dienone is 4. The summed E-state index contributed by atoms with van der Waals surface area (Å²) in [5, 5.41) is 0. The maximum absolute atomic E-state index is 2.56. The van der Waals surface area contributed by atoms with E-state index in [1.54, 1.807) is 0 Å². The molecule has 6 rings (SSSR count). The van der Waals surface area contributed by atoms with Crippen LogP contribution in [0, 0.1) is 11.3 Å². The number of hydrogen-bond donors (Lipinski definition) is 0. The molecule has 0 radical (unpaired) electrons. The molecule has 0 N–H and O–H groups in total. The zero-order valence-electron chi connectivity index (χ0n) is 33.3. The predicted octanol–water partition coefficient (Wildman–Crippen LogP) is 7.61. The first-order valence-corrected chi connectivity index (χ1v) is 18.2. The van der Waals surface area contributed by atoms with Gasteiger partial charge < -0.3 is 24.8 Å². The summed E-state index contributed by atoms with van der Waals surface area (Å²) in [7, 11) is 0. The van der Waals surface area contributed by atoms with E-state index in [1.165, 1.54) is 72.3 Å². The van der Waals surface area contributed by atoms with Crippen LogP contribution in [0.3, 0.4) is 0 Å². The third kappa shape index (κ3) is 8.48. The van der Waals surface area contributed by atoms with Gasteiger partial charge in [0, 0.05) is 11.8 Å². The van der Waals surface area contributed by atoms with Gasteiger partial charge in [0.1, 0.15) is 0 Å². The molecule has 3 heteroatoms. The summed E-state index contributed by atoms with van der Waals surface area (Å²) in [5.41, 5.74) is 18.9. The van der Waals surface area contributed by atoms with Gasteiger partial charge in [-0.1, -0.05) is 175 Å². The molecular formula is C48H58Cl2Zr. The van der Waals surface area contributed by atoms with Crippen molar-refractivity contribution in [3.05, 3.63) is 136 Å². The molecule has 2 aliphatic carbocycles. The van der Waals surface area contributed by atoms with Gasteiger partial charge in [0.15, 0.2) is 0 Å². The summed E-state index contributed by atoms with van der Waals surface area (Å²) >= 11 is 0. The van der Waals surface area contributed by atoms with Crippen molar-refractivity contribution >= 4 is 5.57 Å². The van der Waals surface area contributed by atoms with Crippen LogP contribution in [0.4, 0.5) is 0 Å². The normalized spacial score (nSPS) is 17.0. The molecule has 268 valence electrons. The fourth-order valence-electron chi connectivity index (χ4n) is 7.85. The summed E-state index contributed by atoms with van der Waals surface area (Å²) in [5.74, 6) is 0.608. The van der Waals surface area contributed by atoms with E-state index in [-0.39, 0.29) is 78.6 Å². The molecule has 0 saturated carbocycles. The van der Waals surface area contributed by atoms with E-state index in [1.807, 2.05) is 0 Å². The van der Waals surface area contributed by atoms with Crippen LogP contribution in [0.2, 0.25) is 0 Å². The first-order valence-electron chi connectivity index (χ1n) is 18.2. The van der Waals surface area contributed by atoms with Crippen molar-refractivity contribution in [1.82, 2.24) is 0 Å². The molecule has 2 unspecified atom stereocenters. The van der Waals surface area contributed by atoms with Crippen LogP contribution < -0.4 is 24.8 Å². The smallest absolute Gasteiger partial charge is 1.00 e. The predicted molar refractivity (Wildman–Crippen MR) is 210 cm³/mol. The van der Waals surface area contributed by atoms with Crippen LogP contribution in [0.25, 0.3) is 27.8 Å². The summed E-state index contributed by atoms with van der Waals surface area (Å²) in [4.78, 5) is 0. The van der Waals surface area contributed by atoms with Crippen LogP contribution in [-0.4, -0.2) is 0 Å². The molecule has 2 atom stereocenters. The Labute approximate surface area is 342 Å². The maximum Gasteiger partial charge on any atom is 2.00 e. The molecule has 2 aliphatic rings. The molecule has 0 bridgehead atoms. The minimum absolute atomic E-state index is 0. The Morgan fingerprint density at radius 3 is 1.65 bits per heavy atom. The molecule has 0 fully saturated rings. The van der Waals surface area contributed by atoms with Gasteiger partial charge in [-0.15, -0.1) is 0 Å². The molecular weight excluding hydrogens is 739 g/mol. The van der Waals surface area contributed by atoms with E-state index in [0.29, 0.717) is 5.92 Å². The summed E-state index contributed by atoms with van der Waals surface area (Å²) < 4.78 is 0. The fraction of sp³-hybridized carbons (Fsp3) is 0.417. The maximum atomic E-state index is 2.56. The van der Waals surface area contributed by atoms with E-state index in [4.69, 9.17) is 0 Å². The van der Waals surface area contributed by atoms with Crippen molar-refractivity contribution in [2.24, 2.45) is 11.3 Å². The first-order chi connectivity index (χ1) is 22.2. The molecule has 0 amide bonds. The van der Waals surface area contributed by atoms with Crippen molar-refractivity contribution in [1.29, 1.82) is 0 Å².